The molecule has 11 heteroatoms. The largest absolute Gasteiger partial charge is 0.449 e. The van der Waals surface area contributed by atoms with Crippen molar-refractivity contribution in [3.05, 3.63) is 59.2 Å². The Morgan fingerprint density at radius 2 is 1.46 bits per heavy atom. The topological polar surface area (TPSA) is 64.1 Å². The van der Waals surface area contributed by atoms with Crippen LogP contribution in [0.2, 0.25) is 0 Å². The fourth-order valence-electron chi connectivity index (χ4n) is 2.59. The zero-order valence-corrected chi connectivity index (χ0v) is 14.4. The second kappa shape index (κ2) is 8.44. The van der Waals surface area contributed by atoms with Gasteiger partial charge in [0, 0.05) is 37.3 Å². The number of hydrogen-bond donors (Lipinski definition) is 1. The smallest absolute Gasteiger partial charge is 0.416 e. The highest BCUT2D eigenvalue weighted by Gasteiger charge is 2.40. The van der Waals surface area contributed by atoms with Gasteiger partial charge in [-0.3, -0.25) is 9.97 Å². The Labute approximate surface area is 155 Å². The van der Waals surface area contributed by atoms with E-state index in [1.54, 1.807) is 6.92 Å². The van der Waals surface area contributed by atoms with Gasteiger partial charge in [-0.25, -0.2) is 4.79 Å². The van der Waals surface area contributed by atoms with Gasteiger partial charge in [-0.1, -0.05) is 0 Å². The molecule has 2 rings (SSSR count). The van der Waals surface area contributed by atoms with Gasteiger partial charge in [-0.15, -0.1) is 0 Å². The number of nitrogens with one attached hydrogen (secondary N) is 1. The van der Waals surface area contributed by atoms with Crippen LogP contribution in [-0.4, -0.2) is 29.2 Å². The number of alkyl carbamates (subject to hydrolysis) is 1. The molecule has 0 atom stereocenters. The first-order valence-corrected chi connectivity index (χ1v) is 7.98. The Hall–Kier alpha value is -2.85. The summed E-state index contributed by atoms with van der Waals surface area (Å²) < 4.78 is 85.2. The molecule has 0 unspecified atom stereocenters. The summed E-state index contributed by atoms with van der Waals surface area (Å²) in [6.45, 7) is 0.977. The molecule has 1 amide bonds. The molecule has 0 aliphatic rings. The molecule has 0 spiro atoms. The van der Waals surface area contributed by atoms with Crippen LogP contribution in [0, 0.1) is 0 Å². The molecular formula is C17H15F6N3O2. The summed E-state index contributed by atoms with van der Waals surface area (Å²) in [4.78, 5) is 18.8. The molecule has 0 aliphatic heterocycles. The van der Waals surface area contributed by atoms with Gasteiger partial charge in [0.15, 0.2) is 0 Å². The van der Waals surface area contributed by atoms with Gasteiger partial charge in [0.2, 0.25) is 0 Å². The Morgan fingerprint density at radius 3 is 1.86 bits per heavy atom. The van der Waals surface area contributed by atoms with E-state index >= 15 is 0 Å². The number of amides is 1. The van der Waals surface area contributed by atoms with Gasteiger partial charge in [0.1, 0.15) is 6.61 Å². The Kier molecular flexibility index (Phi) is 6.47. The first-order chi connectivity index (χ1) is 13.1. The lowest BCUT2D eigenvalue weighted by atomic mass is 9.88. The van der Waals surface area contributed by atoms with Crippen LogP contribution < -0.4 is 5.32 Å². The van der Waals surface area contributed by atoms with Gasteiger partial charge < -0.3 is 10.1 Å². The highest BCUT2D eigenvalue weighted by molar-refractivity contribution is 5.67. The molecule has 2 aromatic rings. The van der Waals surface area contributed by atoms with Gasteiger partial charge in [0.25, 0.3) is 0 Å². The molecule has 28 heavy (non-hydrogen) atoms. The van der Waals surface area contributed by atoms with E-state index in [2.05, 4.69) is 15.3 Å². The number of alkyl halides is 6. The van der Waals surface area contributed by atoms with E-state index in [1.807, 2.05) is 0 Å². The highest BCUT2D eigenvalue weighted by Crippen LogP contribution is 2.41. The normalized spacial score (nSPS) is 12.1. The third-order valence-electron chi connectivity index (χ3n) is 3.77. The third kappa shape index (κ3) is 5.11. The van der Waals surface area contributed by atoms with Gasteiger partial charge in [0.05, 0.1) is 11.1 Å². The highest BCUT2D eigenvalue weighted by atomic mass is 19.4. The number of carbonyl (C=O) groups is 1. The number of nitrogens with zero attached hydrogens (tertiary/aromatic N) is 2. The van der Waals surface area contributed by atoms with Crippen molar-refractivity contribution in [2.75, 3.05) is 13.2 Å². The quantitative estimate of drug-likeness (QED) is 0.747. The van der Waals surface area contributed by atoms with E-state index in [0.717, 1.165) is 24.8 Å². The number of pyridine rings is 2. The van der Waals surface area contributed by atoms with Crippen molar-refractivity contribution in [2.24, 2.45) is 0 Å². The summed E-state index contributed by atoms with van der Waals surface area (Å²) in [5.74, 6) is -1.58. The van der Waals surface area contributed by atoms with Crippen molar-refractivity contribution >= 4 is 6.09 Å². The minimum atomic E-state index is -4.84. The summed E-state index contributed by atoms with van der Waals surface area (Å²) in [5, 5.41) is 2.26. The number of aromatic nitrogens is 2. The lowest BCUT2D eigenvalue weighted by molar-refractivity contribution is -0.138. The standard InChI is InChI=1S/C17H15F6N3O2/c1-2-26-15(27)28-9-12(10-7-24-5-3-13(10)16(18,19)20)11-8-25-6-4-14(11)17(21,22)23/h3-8,12H,2,9H2,1H3,(H,26,27). The monoisotopic (exact) mass is 407 g/mol. The average molecular weight is 407 g/mol. The van der Waals surface area contributed by atoms with Crippen LogP contribution in [0.1, 0.15) is 35.1 Å². The first kappa shape index (κ1) is 21.5. The lowest BCUT2D eigenvalue weighted by Crippen LogP contribution is -2.27. The van der Waals surface area contributed by atoms with Crippen molar-refractivity contribution in [2.45, 2.75) is 25.2 Å². The zero-order chi connectivity index (χ0) is 20.9. The summed E-state index contributed by atoms with van der Waals surface area (Å²) in [6, 6.07) is 1.30. The second-order valence-corrected chi connectivity index (χ2v) is 5.60. The molecule has 2 heterocycles. The summed E-state index contributed by atoms with van der Waals surface area (Å²) in [7, 11) is 0. The van der Waals surface area contributed by atoms with Crippen molar-refractivity contribution in [3.63, 3.8) is 0 Å². The molecule has 0 aliphatic carbocycles. The molecule has 5 nitrogen and oxygen atoms in total. The van der Waals surface area contributed by atoms with Crippen molar-refractivity contribution in [1.82, 2.24) is 15.3 Å². The molecule has 152 valence electrons. The Balaban J connectivity index is 2.59. The van der Waals surface area contributed by atoms with Gasteiger partial charge in [-0.05, 0) is 30.2 Å². The fraction of sp³-hybridized carbons (Fsp3) is 0.353. The Bertz CT molecular complexity index is 766. The number of hydrogen-bond acceptors (Lipinski definition) is 4. The van der Waals surface area contributed by atoms with E-state index in [-0.39, 0.29) is 6.54 Å². The predicted octanol–water partition coefficient (Wildman–Crippen LogP) is 4.39. The van der Waals surface area contributed by atoms with Crippen molar-refractivity contribution in [1.29, 1.82) is 0 Å². The number of ether oxygens (including phenoxy) is 1. The van der Waals surface area contributed by atoms with Crippen LogP contribution >= 0.6 is 0 Å². The van der Waals surface area contributed by atoms with E-state index < -0.39 is 53.2 Å². The van der Waals surface area contributed by atoms with Crippen molar-refractivity contribution in [3.8, 4) is 0 Å². The third-order valence-corrected chi connectivity index (χ3v) is 3.77. The molecule has 0 bridgehead atoms. The van der Waals surface area contributed by atoms with Gasteiger partial charge in [-0.2, -0.15) is 26.3 Å². The van der Waals surface area contributed by atoms with E-state index in [1.165, 1.54) is 0 Å². The summed E-state index contributed by atoms with van der Waals surface area (Å²) in [6.07, 6.45) is -7.29. The van der Waals surface area contributed by atoms with Crippen LogP contribution in [0.5, 0.6) is 0 Å². The number of halogens is 6. The maximum atomic E-state index is 13.4. The van der Waals surface area contributed by atoms with Crippen LogP contribution in [0.25, 0.3) is 0 Å². The molecule has 0 saturated carbocycles. The first-order valence-electron chi connectivity index (χ1n) is 7.98. The van der Waals surface area contributed by atoms with E-state index in [9.17, 15) is 31.1 Å². The van der Waals surface area contributed by atoms with E-state index in [4.69, 9.17) is 4.74 Å². The minimum absolute atomic E-state index is 0.172. The molecule has 0 radical (unpaired) electrons. The molecule has 2 aromatic heterocycles. The maximum Gasteiger partial charge on any atom is 0.416 e. The Morgan fingerprint density at radius 1 is 1.00 bits per heavy atom. The SMILES string of the molecule is CCNC(=O)OCC(c1cnccc1C(F)(F)F)c1cnccc1C(F)(F)F. The number of carbonyl (C=O) groups excluding carboxylic acids is 1. The lowest BCUT2D eigenvalue weighted by Gasteiger charge is -2.24. The average Bonchev–Trinajstić information content (AvgIpc) is 2.61. The summed E-state index contributed by atoms with van der Waals surface area (Å²) in [5.41, 5.74) is -3.47. The van der Waals surface area contributed by atoms with Gasteiger partial charge >= 0.3 is 18.4 Å². The maximum absolute atomic E-state index is 13.4. The van der Waals surface area contributed by atoms with Crippen LogP contribution in [-0.2, 0) is 17.1 Å². The predicted molar refractivity (Wildman–Crippen MR) is 85.3 cm³/mol. The van der Waals surface area contributed by atoms with Crippen LogP contribution in [0.15, 0.2) is 36.9 Å². The second-order valence-electron chi connectivity index (χ2n) is 5.60. The molecule has 0 fully saturated rings. The fourth-order valence-corrected chi connectivity index (χ4v) is 2.59. The van der Waals surface area contributed by atoms with E-state index in [0.29, 0.717) is 12.1 Å². The molecule has 0 saturated heterocycles. The molecule has 0 aromatic carbocycles. The summed E-state index contributed by atoms with van der Waals surface area (Å²) >= 11 is 0. The van der Waals surface area contributed by atoms with Crippen molar-refractivity contribution < 1.29 is 35.9 Å². The molecular weight excluding hydrogens is 392 g/mol. The van der Waals surface area contributed by atoms with Crippen LogP contribution in [0.4, 0.5) is 31.1 Å². The van der Waals surface area contributed by atoms with Crippen LogP contribution in [0.3, 0.4) is 0 Å². The zero-order valence-electron chi connectivity index (χ0n) is 14.4. The molecule has 1 N–H and O–H groups in total. The minimum Gasteiger partial charge on any atom is -0.449 e. The number of rotatable bonds is 5.